The Hall–Kier alpha value is -3.95. The van der Waals surface area contributed by atoms with Crippen LogP contribution < -0.4 is 5.32 Å². The van der Waals surface area contributed by atoms with Gasteiger partial charge in [0.1, 0.15) is 17.6 Å². The Balaban J connectivity index is 1.26. The van der Waals surface area contributed by atoms with Gasteiger partial charge >= 0.3 is 0 Å². The number of pyridine rings is 1. The van der Waals surface area contributed by atoms with E-state index in [1.165, 1.54) is 40.0 Å². The lowest BCUT2D eigenvalue weighted by molar-refractivity contribution is -0.120. The summed E-state index contributed by atoms with van der Waals surface area (Å²) < 4.78 is 14.2. The van der Waals surface area contributed by atoms with Crippen molar-refractivity contribution >= 4 is 28.3 Å². The molecular weight excluding hydrogens is 513 g/mol. The molecular formula is C30H28FN5O2S. The van der Waals surface area contributed by atoms with Crippen molar-refractivity contribution in [3.05, 3.63) is 100 Å². The molecule has 4 heterocycles. The fraction of sp³-hybridized carbons (Fsp3) is 0.267. The molecule has 1 atom stereocenters. The Labute approximate surface area is 230 Å². The molecule has 1 saturated heterocycles. The quantitative estimate of drug-likeness (QED) is 0.349. The number of carbonyl (C=O) groups excluding carboxylic acids is 2. The van der Waals surface area contributed by atoms with Crippen LogP contribution in [0.4, 0.5) is 9.52 Å². The van der Waals surface area contributed by atoms with Crippen molar-refractivity contribution in [2.75, 3.05) is 25.5 Å². The second-order valence-corrected chi connectivity index (χ2v) is 11.0. The lowest BCUT2D eigenvalue weighted by Gasteiger charge is -2.29. The van der Waals surface area contributed by atoms with Gasteiger partial charge in [-0.15, -0.1) is 11.3 Å². The number of carbonyl (C=O) groups is 2. The van der Waals surface area contributed by atoms with Gasteiger partial charge in [0.05, 0.1) is 5.69 Å². The van der Waals surface area contributed by atoms with E-state index in [1.54, 1.807) is 17.6 Å². The van der Waals surface area contributed by atoms with Crippen molar-refractivity contribution < 1.29 is 14.0 Å². The first-order valence-electron chi connectivity index (χ1n) is 13.0. The molecule has 0 saturated carbocycles. The van der Waals surface area contributed by atoms with Crippen molar-refractivity contribution in [3.63, 3.8) is 0 Å². The second kappa shape index (κ2) is 10.7. The number of anilines is 1. The van der Waals surface area contributed by atoms with E-state index < -0.39 is 17.8 Å². The fourth-order valence-electron chi connectivity index (χ4n) is 5.44. The lowest BCUT2D eigenvalue weighted by Crippen LogP contribution is -2.37. The highest BCUT2D eigenvalue weighted by Crippen LogP contribution is 2.34. The maximum atomic E-state index is 14.2. The number of nitrogens with zero attached hydrogens (tertiary/aromatic N) is 4. The van der Waals surface area contributed by atoms with Gasteiger partial charge < -0.3 is 9.80 Å². The summed E-state index contributed by atoms with van der Waals surface area (Å²) in [5, 5.41) is 4.92. The summed E-state index contributed by atoms with van der Waals surface area (Å²) >= 11 is 1.27. The van der Waals surface area contributed by atoms with Crippen LogP contribution >= 0.6 is 11.3 Å². The molecule has 2 amide bonds. The fourth-order valence-corrected chi connectivity index (χ4v) is 5.97. The maximum Gasteiger partial charge on any atom is 0.274 e. The largest absolute Gasteiger partial charge is 0.317 e. The second-order valence-electron chi connectivity index (χ2n) is 10.1. The molecule has 0 spiro atoms. The molecule has 198 valence electrons. The van der Waals surface area contributed by atoms with Crippen molar-refractivity contribution in [1.29, 1.82) is 0 Å². The zero-order chi connectivity index (χ0) is 26.9. The third-order valence-electron chi connectivity index (χ3n) is 7.57. The van der Waals surface area contributed by atoms with Gasteiger partial charge in [-0.05, 0) is 68.2 Å². The number of piperidine rings is 1. The minimum atomic E-state index is -1.04. The highest BCUT2D eigenvalue weighted by Gasteiger charge is 2.39. The summed E-state index contributed by atoms with van der Waals surface area (Å²) in [5.74, 6) is -0.735. The van der Waals surface area contributed by atoms with Gasteiger partial charge in [-0.3, -0.25) is 14.9 Å². The Morgan fingerprint density at radius 3 is 2.62 bits per heavy atom. The van der Waals surface area contributed by atoms with E-state index in [0.717, 1.165) is 37.1 Å². The standard InChI is InChI=1S/C30H28FN5O2S/c1-35-14-11-20(12-15-35)19-5-7-21(8-6-19)25-10-9-23-18-36(29(38)26(23)33-25)27(22-3-2-4-24(31)17-22)28(37)34-30-32-13-16-39-30/h2-10,13,16-17,20,27H,11-12,14-15,18H2,1H3,(H,32,34,37). The van der Waals surface area contributed by atoms with Gasteiger partial charge in [-0.1, -0.05) is 42.5 Å². The van der Waals surface area contributed by atoms with E-state index in [-0.39, 0.29) is 12.5 Å². The average molecular weight is 542 g/mol. The number of fused-ring (bicyclic) bond motifs is 1. The van der Waals surface area contributed by atoms with Gasteiger partial charge in [-0.25, -0.2) is 14.4 Å². The summed E-state index contributed by atoms with van der Waals surface area (Å²) in [6, 6.07) is 17.0. The van der Waals surface area contributed by atoms with Crippen LogP contribution in [0.5, 0.6) is 0 Å². The normalized spacial score (nSPS) is 16.8. The Bertz CT molecular complexity index is 1500. The highest BCUT2D eigenvalue weighted by atomic mass is 32.1. The van der Waals surface area contributed by atoms with Gasteiger partial charge in [0.2, 0.25) is 0 Å². The van der Waals surface area contributed by atoms with Crippen LogP contribution in [0.15, 0.2) is 72.2 Å². The molecule has 1 unspecified atom stereocenters. The highest BCUT2D eigenvalue weighted by molar-refractivity contribution is 7.13. The number of rotatable bonds is 6. The molecule has 0 aliphatic carbocycles. The third kappa shape index (κ3) is 5.20. The zero-order valence-corrected chi connectivity index (χ0v) is 22.3. The minimum absolute atomic E-state index is 0.197. The van der Waals surface area contributed by atoms with E-state index in [4.69, 9.17) is 4.98 Å². The summed E-state index contributed by atoms with van der Waals surface area (Å²) in [6.45, 7) is 2.41. The molecule has 1 fully saturated rings. The number of thiazole rings is 1. The van der Waals surface area contributed by atoms with Crippen LogP contribution in [0.25, 0.3) is 11.3 Å². The van der Waals surface area contributed by atoms with Crippen LogP contribution in [0.3, 0.4) is 0 Å². The predicted octanol–water partition coefficient (Wildman–Crippen LogP) is 5.49. The molecule has 0 bridgehead atoms. The number of halogens is 1. The smallest absolute Gasteiger partial charge is 0.274 e. The van der Waals surface area contributed by atoms with Crippen molar-refractivity contribution in [1.82, 2.24) is 19.8 Å². The predicted molar refractivity (Wildman–Crippen MR) is 149 cm³/mol. The molecule has 2 aromatic carbocycles. The molecule has 1 N–H and O–H groups in total. The molecule has 6 rings (SSSR count). The first-order chi connectivity index (χ1) is 19.0. The minimum Gasteiger partial charge on any atom is -0.317 e. The summed E-state index contributed by atoms with van der Waals surface area (Å²) in [4.78, 5) is 39.7. The van der Waals surface area contributed by atoms with E-state index in [9.17, 15) is 14.0 Å². The first-order valence-corrected chi connectivity index (χ1v) is 13.9. The molecule has 2 aliphatic heterocycles. The van der Waals surface area contributed by atoms with Crippen LogP contribution in [0, 0.1) is 5.82 Å². The Morgan fingerprint density at radius 1 is 1.10 bits per heavy atom. The van der Waals surface area contributed by atoms with Crippen molar-refractivity contribution in [2.45, 2.75) is 31.3 Å². The number of nitrogens with one attached hydrogen (secondary N) is 1. The van der Waals surface area contributed by atoms with Crippen LogP contribution in [0.2, 0.25) is 0 Å². The van der Waals surface area contributed by atoms with Crippen LogP contribution in [0.1, 0.15) is 52.0 Å². The molecule has 9 heteroatoms. The van der Waals surface area contributed by atoms with Crippen molar-refractivity contribution in [3.8, 4) is 11.3 Å². The van der Waals surface area contributed by atoms with Crippen LogP contribution in [-0.2, 0) is 11.3 Å². The molecule has 4 aromatic rings. The van der Waals surface area contributed by atoms with E-state index in [1.807, 2.05) is 12.1 Å². The Morgan fingerprint density at radius 2 is 1.90 bits per heavy atom. The topological polar surface area (TPSA) is 78.4 Å². The summed E-state index contributed by atoms with van der Waals surface area (Å²) in [6.07, 6.45) is 3.89. The summed E-state index contributed by atoms with van der Waals surface area (Å²) in [5.41, 5.74) is 4.40. The van der Waals surface area contributed by atoms with Gasteiger partial charge in [0.25, 0.3) is 11.8 Å². The van der Waals surface area contributed by atoms with E-state index in [2.05, 4.69) is 46.5 Å². The molecule has 39 heavy (non-hydrogen) atoms. The number of hydrogen-bond acceptors (Lipinski definition) is 6. The summed E-state index contributed by atoms with van der Waals surface area (Å²) in [7, 11) is 2.16. The monoisotopic (exact) mass is 541 g/mol. The average Bonchev–Trinajstić information content (AvgIpc) is 3.57. The SMILES string of the molecule is CN1CCC(c2ccc(-c3ccc4c(n3)C(=O)N(C(C(=O)Nc3nccs3)c3cccc(F)c3)C4)cc2)CC1. The third-order valence-corrected chi connectivity index (χ3v) is 8.25. The number of aromatic nitrogens is 2. The van der Waals surface area contributed by atoms with E-state index in [0.29, 0.717) is 28.0 Å². The molecule has 2 aliphatic rings. The van der Waals surface area contributed by atoms with Gasteiger partial charge in [0, 0.05) is 29.2 Å². The molecule has 2 aromatic heterocycles. The van der Waals surface area contributed by atoms with Crippen molar-refractivity contribution in [2.24, 2.45) is 0 Å². The number of amides is 2. The number of likely N-dealkylation sites (tertiary alicyclic amines) is 1. The number of benzene rings is 2. The van der Waals surface area contributed by atoms with Crippen LogP contribution in [-0.4, -0.2) is 51.7 Å². The van der Waals surface area contributed by atoms with Gasteiger partial charge in [-0.2, -0.15) is 0 Å². The zero-order valence-electron chi connectivity index (χ0n) is 21.5. The van der Waals surface area contributed by atoms with E-state index >= 15 is 0 Å². The maximum absolute atomic E-state index is 14.2. The lowest BCUT2D eigenvalue weighted by atomic mass is 9.89. The number of hydrogen-bond donors (Lipinski definition) is 1. The van der Waals surface area contributed by atoms with Gasteiger partial charge in [0.15, 0.2) is 5.13 Å². The first kappa shape index (κ1) is 25.3. The Kier molecular flexibility index (Phi) is 6.93. The molecule has 7 nitrogen and oxygen atoms in total. The molecule has 0 radical (unpaired) electrons.